The van der Waals surface area contributed by atoms with Gasteiger partial charge in [-0.05, 0) is 43.3 Å². The van der Waals surface area contributed by atoms with Crippen LogP contribution in [0.5, 0.6) is 0 Å². The van der Waals surface area contributed by atoms with Crippen LogP contribution < -0.4 is 10.2 Å². The quantitative estimate of drug-likeness (QED) is 0.898. The molecule has 1 aromatic carbocycles. The van der Waals surface area contributed by atoms with Crippen LogP contribution in [0.2, 0.25) is 0 Å². The van der Waals surface area contributed by atoms with E-state index in [-0.39, 0.29) is 17.7 Å². The van der Waals surface area contributed by atoms with Crippen molar-refractivity contribution >= 4 is 38.5 Å². The van der Waals surface area contributed by atoms with Crippen molar-refractivity contribution in [1.82, 2.24) is 5.32 Å². The molecule has 23 heavy (non-hydrogen) atoms. The Labute approximate surface area is 140 Å². The lowest BCUT2D eigenvalue weighted by Gasteiger charge is -2.22. The molecular formula is C15H19N3O3S2. The predicted molar refractivity (Wildman–Crippen MR) is 92.7 cm³/mol. The summed E-state index contributed by atoms with van der Waals surface area (Å²) >= 11 is 1.30. The van der Waals surface area contributed by atoms with Gasteiger partial charge in [0.1, 0.15) is 0 Å². The van der Waals surface area contributed by atoms with Gasteiger partial charge in [-0.25, -0.2) is 8.42 Å². The molecule has 124 valence electrons. The van der Waals surface area contributed by atoms with Gasteiger partial charge in [-0.1, -0.05) is 13.3 Å². The second-order valence-electron chi connectivity index (χ2n) is 5.76. The highest BCUT2D eigenvalue weighted by atomic mass is 32.2. The molecule has 2 heterocycles. The number of benzene rings is 1. The SMILES string of the molecule is CCC[C@@H](C)NC(=O)c1ccc2c(c1)SC1=NS(=O)(=O)CCN12. The summed E-state index contributed by atoms with van der Waals surface area (Å²) in [7, 11) is -3.36. The summed E-state index contributed by atoms with van der Waals surface area (Å²) in [5.41, 5.74) is 1.50. The molecule has 2 aliphatic rings. The molecule has 0 aliphatic carbocycles. The molecule has 1 amide bonds. The Morgan fingerprint density at radius 1 is 1.48 bits per heavy atom. The molecule has 0 saturated heterocycles. The van der Waals surface area contributed by atoms with E-state index in [1.807, 2.05) is 24.0 Å². The van der Waals surface area contributed by atoms with E-state index < -0.39 is 10.0 Å². The summed E-state index contributed by atoms with van der Waals surface area (Å²) in [4.78, 5) is 15.1. The first-order valence-electron chi connectivity index (χ1n) is 7.62. The van der Waals surface area contributed by atoms with Crippen LogP contribution in [0.25, 0.3) is 0 Å². The van der Waals surface area contributed by atoms with E-state index in [9.17, 15) is 13.2 Å². The molecule has 2 aliphatic heterocycles. The van der Waals surface area contributed by atoms with Crippen molar-refractivity contribution in [3.63, 3.8) is 0 Å². The van der Waals surface area contributed by atoms with Crippen LogP contribution in [-0.2, 0) is 10.0 Å². The highest BCUT2D eigenvalue weighted by molar-refractivity contribution is 8.15. The maximum Gasteiger partial charge on any atom is 0.257 e. The Morgan fingerprint density at radius 2 is 2.26 bits per heavy atom. The van der Waals surface area contributed by atoms with Gasteiger partial charge in [-0.2, -0.15) is 0 Å². The molecule has 0 aromatic heterocycles. The fourth-order valence-corrected chi connectivity index (χ4v) is 4.98. The van der Waals surface area contributed by atoms with Gasteiger partial charge in [0.25, 0.3) is 15.9 Å². The number of rotatable bonds is 4. The Bertz CT molecular complexity index is 774. The summed E-state index contributed by atoms with van der Waals surface area (Å²) in [5, 5.41) is 3.45. The van der Waals surface area contributed by atoms with Crippen LogP contribution in [0, 0.1) is 0 Å². The Hall–Kier alpha value is -1.54. The molecule has 0 spiro atoms. The lowest BCUT2D eigenvalue weighted by atomic mass is 10.1. The van der Waals surface area contributed by atoms with Crippen molar-refractivity contribution in [1.29, 1.82) is 0 Å². The highest BCUT2D eigenvalue weighted by Gasteiger charge is 2.33. The number of sulfonamides is 1. The third kappa shape index (κ3) is 3.37. The number of amidine groups is 1. The molecule has 0 radical (unpaired) electrons. The molecule has 0 fully saturated rings. The van der Waals surface area contributed by atoms with Crippen LogP contribution in [0.3, 0.4) is 0 Å². The average molecular weight is 353 g/mol. The van der Waals surface area contributed by atoms with Gasteiger partial charge < -0.3 is 10.2 Å². The Morgan fingerprint density at radius 3 is 3.00 bits per heavy atom. The van der Waals surface area contributed by atoms with Crippen LogP contribution in [0.15, 0.2) is 27.5 Å². The minimum Gasteiger partial charge on any atom is -0.350 e. The lowest BCUT2D eigenvalue weighted by molar-refractivity contribution is 0.0938. The van der Waals surface area contributed by atoms with Gasteiger partial charge in [0.05, 0.1) is 11.4 Å². The second-order valence-corrected chi connectivity index (χ2v) is 8.52. The van der Waals surface area contributed by atoms with Crippen molar-refractivity contribution < 1.29 is 13.2 Å². The number of nitrogens with zero attached hydrogens (tertiary/aromatic N) is 2. The molecular weight excluding hydrogens is 334 g/mol. The summed E-state index contributed by atoms with van der Waals surface area (Å²) in [6.45, 7) is 4.48. The first-order valence-corrected chi connectivity index (χ1v) is 10.0. The largest absolute Gasteiger partial charge is 0.350 e. The average Bonchev–Trinajstić information content (AvgIpc) is 2.82. The van der Waals surface area contributed by atoms with Gasteiger partial charge >= 0.3 is 0 Å². The number of hydrogen-bond acceptors (Lipinski definition) is 5. The van der Waals surface area contributed by atoms with Crippen molar-refractivity contribution in [3.05, 3.63) is 23.8 Å². The number of hydrogen-bond donors (Lipinski definition) is 1. The maximum atomic E-state index is 12.3. The third-order valence-corrected chi connectivity index (χ3v) is 6.14. The number of nitrogens with one attached hydrogen (secondary N) is 1. The molecule has 0 saturated carbocycles. The van der Waals surface area contributed by atoms with Gasteiger partial charge in [0.15, 0.2) is 5.17 Å². The standard InChI is InChI=1S/C15H19N3O3S2/c1-3-4-10(2)16-14(19)11-5-6-12-13(9-11)22-15-17-23(20,21)8-7-18(12)15/h5-6,9-10H,3-4,7-8H2,1-2H3,(H,16,19)/t10-/m1/s1. The van der Waals surface area contributed by atoms with E-state index >= 15 is 0 Å². The van der Waals surface area contributed by atoms with E-state index in [2.05, 4.69) is 16.6 Å². The molecule has 6 nitrogen and oxygen atoms in total. The van der Waals surface area contributed by atoms with Gasteiger partial charge in [0.2, 0.25) is 0 Å². The summed E-state index contributed by atoms with van der Waals surface area (Å²) in [5.74, 6) is -0.0819. The molecule has 3 rings (SSSR count). The summed E-state index contributed by atoms with van der Waals surface area (Å²) < 4.78 is 27.0. The van der Waals surface area contributed by atoms with Gasteiger partial charge in [-0.3, -0.25) is 4.79 Å². The topological polar surface area (TPSA) is 78.8 Å². The zero-order valence-electron chi connectivity index (χ0n) is 13.1. The normalized spacial score (nSPS) is 19.6. The van der Waals surface area contributed by atoms with Crippen molar-refractivity contribution in [2.45, 2.75) is 37.6 Å². The van der Waals surface area contributed by atoms with E-state index in [4.69, 9.17) is 0 Å². The highest BCUT2D eigenvalue weighted by Crippen LogP contribution is 2.42. The molecule has 1 atom stereocenters. The molecule has 0 bridgehead atoms. The Kier molecular flexibility index (Phi) is 4.37. The summed E-state index contributed by atoms with van der Waals surface area (Å²) in [6, 6.07) is 5.58. The summed E-state index contributed by atoms with van der Waals surface area (Å²) in [6.07, 6.45) is 1.96. The molecule has 1 N–H and O–H groups in total. The molecule has 0 unspecified atom stereocenters. The number of amides is 1. The first-order chi connectivity index (χ1) is 10.9. The zero-order valence-corrected chi connectivity index (χ0v) is 14.7. The Balaban J connectivity index is 1.82. The lowest BCUT2D eigenvalue weighted by Crippen LogP contribution is -2.35. The van der Waals surface area contributed by atoms with E-state index in [1.165, 1.54) is 11.8 Å². The van der Waals surface area contributed by atoms with Crippen LogP contribution in [0.4, 0.5) is 5.69 Å². The van der Waals surface area contributed by atoms with E-state index in [0.29, 0.717) is 17.3 Å². The van der Waals surface area contributed by atoms with Crippen LogP contribution >= 0.6 is 11.8 Å². The van der Waals surface area contributed by atoms with Crippen LogP contribution in [0.1, 0.15) is 37.0 Å². The number of fused-ring (bicyclic) bond motifs is 3. The number of carbonyl (C=O) groups excluding carboxylic acids is 1. The van der Waals surface area contributed by atoms with E-state index in [1.54, 1.807) is 6.07 Å². The second kappa shape index (κ2) is 6.16. The maximum absolute atomic E-state index is 12.3. The number of anilines is 1. The predicted octanol–water partition coefficient (Wildman–Crippen LogP) is 2.22. The van der Waals surface area contributed by atoms with Crippen LogP contribution in [-0.4, -0.2) is 37.8 Å². The van der Waals surface area contributed by atoms with Crippen molar-refractivity contribution in [3.8, 4) is 0 Å². The fraction of sp³-hybridized carbons (Fsp3) is 0.467. The molecule has 1 aromatic rings. The minimum atomic E-state index is -3.36. The molecule has 8 heteroatoms. The van der Waals surface area contributed by atoms with Crippen molar-refractivity contribution in [2.24, 2.45) is 4.40 Å². The first kappa shape index (κ1) is 16.3. The zero-order chi connectivity index (χ0) is 16.6. The number of carbonyl (C=O) groups is 1. The number of thioether (sulfide) groups is 1. The fourth-order valence-electron chi connectivity index (χ4n) is 2.68. The van der Waals surface area contributed by atoms with Crippen molar-refractivity contribution in [2.75, 3.05) is 17.2 Å². The van der Waals surface area contributed by atoms with Gasteiger partial charge in [0, 0.05) is 23.0 Å². The minimum absolute atomic E-state index is 0.0211. The monoisotopic (exact) mass is 353 g/mol. The van der Waals surface area contributed by atoms with Gasteiger partial charge in [-0.15, -0.1) is 4.40 Å². The van der Waals surface area contributed by atoms with E-state index in [0.717, 1.165) is 23.4 Å². The third-order valence-electron chi connectivity index (χ3n) is 3.83. The smallest absolute Gasteiger partial charge is 0.257 e.